The highest BCUT2D eigenvalue weighted by molar-refractivity contribution is 6.31. The molecule has 170 valence electrons. The average Bonchev–Trinajstić information content (AvgIpc) is 3.22. The number of aryl methyl sites for hydroxylation is 1. The van der Waals surface area contributed by atoms with Crippen LogP contribution in [-0.2, 0) is 4.79 Å². The van der Waals surface area contributed by atoms with Gasteiger partial charge in [0.25, 0.3) is 5.91 Å². The molecule has 0 saturated heterocycles. The van der Waals surface area contributed by atoms with Crippen molar-refractivity contribution in [3.05, 3.63) is 71.0 Å². The summed E-state index contributed by atoms with van der Waals surface area (Å²) in [5.41, 5.74) is 1.91. The van der Waals surface area contributed by atoms with Crippen LogP contribution in [0.2, 0.25) is 5.02 Å². The molecule has 1 unspecified atom stereocenters. The normalized spacial score (nSPS) is 11.9. The van der Waals surface area contributed by atoms with Gasteiger partial charge >= 0.3 is 0 Å². The Morgan fingerprint density at radius 1 is 1.18 bits per heavy atom. The van der Waals surface area contributed by atoms with Gasteiger partial charge in [-0.1, -0.05) is 23.7 Å². The molecular weight excluding hydrogens is 449 g/mol. The number of hydrogen-bond acceptors (Lipinski definition) is 6. The number of aromatic nitrogens is 4. The van der Waals surface area contributed by atoms with Crippen molar-refractivity contribution in [1.29, 1.82) is 0 Å². The molecule has 4 aromatic rings. The molecule has 0 saturated carbocycles. The van der Waals surface area contributed by atoms with E-state index in [0.29, 0.717) is 33.7 Å². The number of rotatable bonds is 8. The lowest BCUT2D eigenvalue weighted by Crippen LogP contribution is -2.38. The van der Waals surface area contributed by atoms with Crippen LogP contribution in [0.3, 0.4) is 0 Å². The first-order valence-electron chi connectivity index (χ1n) is 10.2. The maximum absolute atomic E-state index is 13.6. The number of carbonyl (C=O) groups is 1. The van der Waals surface area contributed by atoms with Crippen LogP contribution >= 0.6 is 11.6 Å². The molecule has 1 N–H and O–H groups in total. The second kappa shape index (κ2) is 9.83. The number of ether oxygens (including phenoxy) is 2. The van der Waals surface area contributed by atoms with Gasteiger partial charge in [0.2, 0.25) is 5.88 Å². The summed E-state index contributed by atoms with van der Waals surface area (Å²) < 4.78 is 26.4. The number of nitrogens with zero attached hydrogens (tertiary/aromatic N) is 4. The van der Waals surface area contributed by atoms with Crippen molar-refractivity contribution >= 4 is 23.2 Å². The van der Waals surface area contributed by atoms with Crippen molar-refractivity contribution in [1.82, 2.24) is 25.1 Å². The van der Waals surface area contributed by atoms with Gasteiger partial charge in [-0.25, -0.2) is 4.39 Å². The summed E-state index contributed by atoms with van der Waals surface area (Å²) in [7, 11) is 0. The Kier molecular flexibility index (Phi) is 6.69. The molecule has 2 heterocycles. The predicted octanol–water partition coefficient (Wildman–Crippen LogP) is 3.85. The molecule has 0 fully saturated rings. The zero-order chi connectivity index (χ0) is 23.4. The maximum Gasteiger partial charge on any atom is 0.260 e. The second-order valence-electron chi connectivity index (χ2n) is 7.29. The lowest BCUT2D eigenvalue weighted by atomic mass is 10.2. The van der Waals surface area contributed by atoms with Crippen LogP contribution in [0.1, 0.15) is 12.5 Å². The van der Waals surface area contributed by atoms with Crippen molar-refractivity contribution in [3.8, 4) is 23.0 Å². The minimum atomic E-state index is -0.689. The standard InChI is InChI=1S/C23H21ClFN5O3/c1-14-12-18(6-7-19(14)24)33-15(2)23(31)26-10-11-32-21-9-8-20-27-28-22(30(20)29-21)16-4-3-5-17(25)13-16/h3-9,12-13,15H,10-11H2,1-2H3,(H,26,31). The van der Waals surface area contributed by atoms with Crippen LogP contribution in [-0.4, -0.2) is 45.0 Å². The van der Waals surface area contributed by atoms with Crippen molar-refractivity contribution in [2.75, 3.05) is 13.2 Å². The van der Waals surface area contributed by atoms with E-state index >= 15 is 0 Å². The van der Waals surface area contributed by atoms with Crippen molar-refractivity contribution < 1.29 is 18.7 Å². The van der Waals surface area contributed by atoms with E-state index in [4.69, 9.17) is 21.1 Å². The molecule has 33 heavy (non-hydrogen) atoms. The number of nitrogens with one attached hydrogen (secondary N) is 1. The molecule has 0 spiro atoms. The van der Waals surface area contributed by atoms with Crippen LogP contribution in [0.5, 0.6) is 11.6 Å². The van der Waals surface area contributed by atoms with E-state index < -0.39 is 6.10 Å². The zero-order valence-corrected chi connectivity index (χ0v) is 18.7. The molecule has 1 atom stereocenters. The number of halogens is 2. The van der Waals surface area contributed by atoms with Crippen LogP contribution in [0.15, 0.2) is 54.6 Å². The summed E-state index contributed by atoms with van der Waals surface area (Å²) in [6.45, 7) is 3.97. The van der Waals surface area contributed by atoms with Gasteiger partial charge in [-0.2, -0.15) is 4.52 Å². The summed E-state index contributed by atoms with van der Waals surface area (Å²) in [6.07, 6.45) is -0.689. The van der Waals surface area contributed by atoms with Crippen LogP contribution in [0.25, 0.3) is 17.0 Å². The number of carbonyl (C=O) groups excluding carboxylic acids is 1. The predicted molar refractivity (Wildman–Crippen MR) is 121 cm³/mol. The highest BCUT2D eigenvalue weighted by Crippen LogP contribution is 2.22. The number of benzene rings is 2. The Hall–Kier alpha value is -3.72. The summed E-state index contributed by atoms with van der Waals surface area (Å²) >= 11 is 6.01. The fourth-order valence-electron chi connectivity index (χ4n) is 3.08. The summed E-state index contributed by atoms with van der Waals surface area (Å²) in [5, 5.41) is 15.9. The third-order valence-electron chi connectivity index (χ3n) is 4.78. The van der Waals surface area contributed by atoms with E-state index in [1.54, 1.807) is 49.4 Å². The van der Waals surface area contributed by atoms with E-state index in [1.807, 2.05) is 6.92 Å². The average molecular weight is 470 g/mol. The molecule has 2 aromatic heterocycles. The zero-order valence-electron chi connectivity index (χ0n) is 18.0. The Morgan fingerprint density at radius 3 is 2.82 bits per heavy atom. The molecule has 2 aromatic carbocycles. The van der Waals surface area contributed by atoms with Gasteiger partial charge in [0.05, 0.1) is 6.54 Å². The third kappa shape index (κ3) is 5.38. The van der Waals surface area contributed by atoms with Crippen molar-refractivity contribution in [2.24, 2.45) is 0 Å². The monoisotopic (exact) mass is 469 g/mol. The van der Waals surface area contributed by atoms with Crippen molar-refractivity contribution in [2.45, 2.75) is 20.0 Å². The van der Waals surface area contributed by atoms with E-state index in [0.717, 1.165) is 5.56 Å². The summed E-state index contributed by atoms with van der Waals surface area (Å²) in [6, 6.07) is 14.6. The van der Waals surface area contributed by atoms with Gasteiger partial charge < -0.3 is 14.8 Å². The minimum absolute atomic E-state index is 0.189. The van der Waals surface area contributed by atoms with Crippen LogP contribution in [0, 0.1) is 12.7 Å². The second-order valence-corrected chi connectivity index (χ2v) is 7.69. The summed E-state index contributed by atoms with van der Waals surface area (Å²) in [4.78, 5) is 12.3. The van der Waals surface area contributed by atoms with Crippen molar-refractivity contribution in [3.63, 3.8) is 0 Å². The first-order valence-corrected chi connectivity index (χ1v) is 10.6. The number of fused-ring (bicyclic) bond motifs is 1. The Balaban J connectivity index is 1.32. The van der Waals surface area contributed by atoms with Gasteiger partial charge in [-0.15, -0.1) is 15.3 Å². The Morgan fingerprint density at radius 2 is 2.03 bits per heavy atom. The van der Waals surface area contributed by atoms with E-state index in [2.05, 4.69) is 20.6 Å². The molecule has 1 amide bonds. The topological polar surface area (TPSA) is 90.6 Å². The first-order chi connectivity index (χ1) is 15.9. The van der Waals surface area contributed by atoms with E-state index in [-0.39, 0.29) is 24.9 Å². The lowest BCUT2D eigenvalue weighted by molar-refractivity contribution is -0.127. The maximum atomic E-state index is 13.6. The Bertz CT molecular complexity index is 1300. The largest absolute Gasteiger partial charge is 0.481 e. The molecular formula is C23H21ClFN5O3. The van der Waals surface area contributed by atoms with Gasteiger partial charge in [-0.3, -0.25) is 4.79 Å². The molecule has 8 nitrogen and oxygen atoms in total. The summed E-state index contributed by atoms with van der Waals surface area (Å²) in [5.74, 6) is 0.622. The minimum Gasteiger partial charge on any atom is -0.481 e. The quantitative estimate of drug-likeness (QED) is 0.394. The molecule has 10 heteroatoms. The highest BCUT2D eigenvalue weighted by atomic mass is 35.5. The molecule has 0 radical (unpaired) electrons. The lowest BCUT2D eigenvalue weighted by Gasteiger charge is -2.15. The number of hydrogen-bond donors (Lipinski definition) is 1. The molecule has 0 aliphatic rings. The fraction of sp³-hybridized carbons (Fsp3) is 0.217. The smallest absolute Gasteiger partial charge is 0.260 e. The van der Waals surface area contributed by atoms with Gasteiger partial charge in [0, 0.05) is 16.7 Å². The van der Waals surface area contributed by atoms with E-state index in [1.165, 1.54) is 16.6 Å². The van der Waals surface area contributed by atoms with Crippen LogP contribution in [0.4, 0.5) is 4.39 Å². The fourth-order valence-corrected chi connectivity index (χ4v) is 3.20. The Labute approximate surface area is 194 Å². The van der Waals surface area contributed by atoms with Gasteiger partial charge in [0.1, 0.15) is 18.2 Å². The molecule has 0 bridgehead atoms. The number of amides is 1. The first kappa shape index (κ1) is 22.5. The third-order valence-corrected chi connectivity index (χ3v) is 5.21. The molecule has 0 aliphatic heterocycles. The SMILES string of the molecule is Cc1cc(OC(C)C(=O)NCCOc2ccc3nnc(-c4cccc(F)c4)n3n2)ccc1Cl. The van der Waals surface area contributed by atoms with Crippen LogP contribution < -0.4 is 14.8 Å². The van der Waals surface area contributed by atoms with E-state index in [9.17, 15) is 9.18 Å². The van der Waals surface area contributed by atoms with Gasteiger partial charge in [-0.05, 0) is 55.8 Å². The molecule has 4 rings (SSSR count). The molecule has 0 aliphatic carbocycles. The highest BCUT2D eigenvalue weighted by Gasteiger charge is 2.15. The van der Waals surface area contributed by atoms with Gasteiger partial charge in [0.15, 0.2) is 17.6 Å².